The Kier molecular flexibility index (Phi) is 8.44. The molecule has 0 aliphatic carbocycles. The quantitative estimate of drug-likeness (QED) is 0.333. The summed E-state index contributed by atoms with van der Waals surface area (Å²) in [5.74, 6) is 0. The fraction of sp³-hybridized carbons (Fsp3) is 0.500. The molecule has 0 unspecified atom stereocenters. The number of aliphatic hydroxyl groups is 2. The molecule has 12 nitrogen and oxygen atoms in total. The van der Waals surface area contributed by atoms with Gasteiger partial charge in [0.2, 0.25) is 0 Å². The van der Waals surface area contributed by atoms with E-state index < -0.39 is 44.5 Å². The van der Waals surface area contributed by atoms with Gasteiger partial charge in [-0.2, -0.15) is 0 Å². The van der Waals surface area contributed by atoms with Crippen LogP contribution in [0.3, 0.4) is 0 Å². The predicted molar refractivity (Wildman–Crippen MR) is 67.6 cm³/mol. The maximum atomic E-state index is 11.6. The van der Waals surface area contributed by atoms with E-state index in [9.17, 15) is 24.3 Å². The molecule has 0 saturated carbocycles. The summed E-state index contributed by atoms with van der Waals surface area (Å²) in [6.45, 7) is -0.639. The van der Waals surface area contributed by atoms with Gasteiger partial charge in [-0.3, -0.25) is 9.36 Å². The van der Waals surface area contributed by atoms with Crippen LogP contribution >= 0.6 is 7.82 Å². The molecule has 1 saturated heterocycles. The Morgan fingerprint density at radius 3 is 2.68 bits per heavy atom. The molecule has 3 N–H and O–H groups in total. The number of imidazole rings is 1. The number of hydrogen-bond acceptors (Lipinski definition) is 10. The minimum atomic E-state index is -5.44. The first kappa shape index (κ1) is 23.4. The van der Waals surface area contributed by atoms with Crippen molar-refractivity contribution in [3.05, 3.63) is 23.0 Å². The summed E-state index contributed by atoms with van der Waals surface area (Å²) < 4.78 is 21.7. The zero-order chi connectivity index (χ0) is 16.8. The van der Waals surface area contributed by atoms with Gasteiger partial charge in [-0.05, 0) is 0 Å². The second kappa shape index (κ2) is 9.02. The minimum Gasteiger partial charge on any atom is -0.790 e. The molecule has 126 valence electrons. The molecule has 0 spiro atoms. The van der Waals surface area contributed by atoms with Crippen LogP contribution in [0.15, 0.2) is 17.4 Å². The Labute approximate surface area is 184 Å². The number of fused-ring (bicyclic) bond motifs is 1. The number of aromatic amines is 1. The van der Waals surface area contributed by atoms with Crippen molar-refractivity contribution in [2.45, 2.75) is 24.5 Å². The van der Waals surface area contributed by atoms with Crippen LogP contribution in [0.2, 0.25) is 0 Å². The summed E-state index contributed by atoms with van der Waals surface area (Å²) in [4.78, 5) is 43.4. The van der Waals surface area contributed by atoms with Crippen LogP contribution in [0.4, 0.5) is 0 Å². The van der Waals surface area contributed by atoms with Crippen LogP contribution in [0.25, 0.3) is 11.2 Å². The second-order valence-electron chi connectivity index (χ2n) is 4.81. The average molecular weight is 392 g/mol. The van der Waals surface area contributed by atoms with Gasteiger partial charge in [0.15, 0.2) is 17.4 Å². The maximum Gasteiger partial charge on any atom is 1.00 e. The Bertz CT molecular complexity index is 825. The van der Waals surface area contributed by atoms with Gasteiger partial charge in [-0.25, -0.2) is 9.97 Å². The molecule has 3 rings (SSSR count). The fourth-order valence-electron chi connectivity index (χ4n) is 2.40. The summed E-state index contributed by atoms with van der Waals surface area (Å²) in [6.07, 6.45) is -3.48. The first-order valence-corrected chi connectivity index (χ1v) is 7.83. The van der Waals surface area contributed by atoms with Gasteiger partial charge in [0.25, 0.3) is 5.56 Å². The standard InChI is InChI=1S/C10H13N4O8P.2Na/c15-1-4-6(16)7(22-23(18,19)20)10(21-4)14-3-13-5-8(14)11-2-12-9(5)17;;/h2-4,6-7,10,15-16H,1H2,(H,11,12,17)(H2,18,19,20);;/q;2*+1/p-2/t4-,6-,7-,10-;;/m1../s1. The first-order valence-electron chi connectivity index (χ1n) is 6.37. The Morgan fingerprint density at radius 2 is 2.08 bits per heavy atom. The summed E-state index contributed by atoms with van der Waals surface area (Å²) in [5.41, 5.74) is -0.559. The van der Waals surface area contributed by atoms with E-state index in [1.165, 1.54) is 0 Å². The van der Waals surface area contributed by atoms with Crippen molar-refractivity contribution >= 4 is 19.0 Å². The third kappa shape index (κ3) is 4.79. The van der Waals surface area contributed by atoms with E-state index in [0.717, 1.165) is 17.2 Å². The smallest absolute Gasteiger partial charge is 0.790 e. The van der Waals surface area contributed by atoms with E-state index >= 15 is 0 Å². The Hall–Kier alpha value is 0.340. The van der Waals surface area contributed by atoms with E-state index in [-0.39, 0.29) is 70.3 Å². The second-order valence-corrected chi connectivity index (χ2v) is 5.92. The van der Waals surface area contributed by atoms with Crippen molar-refractivity contribution in [2.75, 3.05) is 6.61 Å². The summed E-state index contributed by atoms with van der Waals surface area (Å²) in [5, 5.41) is 19.1. The van der Waals surface area contributed by atoms with Crippen molar-refractivity contribution in [1.82, 2.24) is 19.5 Å². The van der Waals surface area contributed by atoms with Crippen molar-refractivity contribution in [2.24, 2.45) is 0 Å². The van der Waals surface area contributed by atoms with Crippen LogP contribution in [0.1, 0.15) is 6.23 Å². The van der Waals surface area contributed by atoms with E-state index in [0.29, 0.717) is 0 Å². The van der Waals surface area contributed by atoms with Crippen molar-refractivity contribution in [3.63, 3.8) is 0 Å². The third-order valence-corrected chi connectivity index (χ3v) is 3.88. The first-order chi connectivity index (χ1) is 10.8. The van der Waals surface area contributed by atoms with Gasteiger partial charge in [-0.15, -0.1) is 0 Å². The van der Waals surface area contributed by atoms with Crippen molar-refractivity contribution in [1.29, 1.82) is 0 Å². The minimum absolute atomic E-state index is 0. The van der Waals surface area contributed by atoms with Gasteiger partial charge in [0, 0.05) is 0 Å². The van der Waals surface area contributed by atoms with E-state index in [1.54, 1.807) is 0 Å². The van der Waals surface area contributed by atoms with Crippen LogP contribution in [0.5, 0.6) is 0 Å². The summed E-state index contributed by atoms with van der Waals surface area (Å²) in [7, 11) is -5.44. The molecule has 0 radical (unpaired) electrons. The topological polar surface area (TPSA) is 186 Å². The number of ether oxygens (including phenoxy) is 1. The number of hydrogen-bond donors (Lipinski definition) is 3. The van der Waals surface area contributed by atoms with Gasteiger partial charge in [0.05, 0.1) is 27.1 Å². The van der Waals surface area contributed by atoms with Crippen LogP contribution in [-0.4, -0.2) is 54.7 Å². The predicted octanol–water partition coefficient (Wildman–Crippen LogP) is -9.41. The van der Waals surface area contributed by atoms with Gasteiger partial charge < -0.3 is 38.8 Å². The maximum absolute atomic E-state index is 11.6. The number of rotatable bonds is 4. The van der Waals surface area contributed by atoms with Gasteiger partial charge in [0.1, 0.15) is 18.3 Å². The molecular formula is C10H11N4Na2O8P. The molecule has 1 fully saturated rings. The van der Waals surface area contributed by atoms with Crippen LogP contribution < -0.4 is 74.5 Å². The van der Waals surface area contributed by atoms with Gasteiger partial charge in [-0.1, -0.05) is 0 Å². The Balaban J connectivity index is 0.00000156. The third-order valence-electron chi connectivity index (χ3n) is 3.38. The summed E-state index contributed by atoms with van der Waals surface area (Å²) >= 11 is 0. The van der Waals surface area contributed by atoms with Crippen molar-refractivity contribution < 1.29 is 92.9 Å². The molecule has 3 heterocycles. The number of H-pyrrole nitrogens is 1. The molecule has 1 aliphatic rings. The molecule has 0 aromatic carbocycles. The zero-order valence-corrected chi connectivity index (χ0v) is 18.2. The molecular weight excluding hydrogens is 381 g/mol. The van der Waals surface area contributed by atoms with Crippen LogP contribution in [-0.2, 0) is 13.8 Å². The summed E-state index contributed by atoms with van der Waals surface area (Å²) in [6, 6.07) is 0. The number of aromatic nitrogens is 4. The molecule has 1 aliphatic heterocycles. The van der Waals surface area contributed by atoms with E-state index in [4.69, 9.17) is 9.84 Å². The number of phosphoric ester groups is 1. The number of nitrogens with zero attached hydrogens (tertiary/aromatic N) is 3. The van der Waals surface area contributed by atoms with Gasteiger partial charge >= 0.3 is 59.1 Å². The average Bonchev–Trinajstić information content (AvgIpc) is 3.01. The molecule has 0 bridgehead atoms. The van der Waals surface area contributed by atoms with E-state index in [1.807, 2.05) is 0 Å². The molecule has 4 atom stereocenters. The van der Waals surface area contributed by atoms with E-state index in [2.05, 4.69) is 19.5 Å². The molecule has 25 heavy (non-hydrogen) atoms. The van der Waals surface area contributed by atoms with Crippen molar-refractivity contribution in [3.8, 4) is 0 Å². The largest absolute Gasteiger partial charge is 1.00 e. The molecule has 2 aromatic rings. The molecule has 2 aromatic heterocycles. The molecule has 15 heteroatoms. The number of nitrogens with one attached hydrogen (secondary N) is 1. The fourth-order valence-corrected chi connectivity index (χ4v) is 2.93. The number of aliphatic hydroxyl groups excluding tert-OH is 2. The zero-order valence-electron chi connectivity index (χ0n) is 13.3. The van der Waals surface area contributed by atoms with Crippen LogP contribution in [0, 0.1) is 0 Å². The number of phosphoric acid groups is 1. The normalized spacial score (nSPS) is 26.2. The molecule has 0 amide bonds. The SMILES string of the molecule is O=c1[nH]cnc2c1ncn2[C@@H]1O[C@H](CO)[C@@H](O)[C@H]1OP(=O)([O-])[O-].[Na+].[Na+]. The Morgan fingerprint density at radius 1 is 1.40 bits per heavy atom. The monoisotopic (exact) mass is 392 g/mol.